The summed E-state index contributed by atoms with van der Waals surface area (Å²) >= 11 is 0. The lowest BCUT2D eigenvalue weighted by Crippen LogP contribution is -2.16. The number of aromatic nitrogens is 1. The molecule has 0 aliphatic rings. The number of hydrogen-bond donors (Lipinski definition) is 2. The highest BCUT2D eigenvalue weighted by Crippen LogP contribution is 2.13. The van der Waals surface area contributed by atoms with Crippen LogP contribution in [0, 0.1) is 5.41 Å². The second-order valence-corrected chi connectivity index (χ2v) is 2.47. The molecule has 1 heterocycles. The van der Waals surface area contributed by atoms with Crippen molar-refractivity contribution in [3.05, 3.63) is 23.9 Å². The molecule has 4 nitrogen and oxygen atoms in total. The van der Waals surface area contributed by atoms with Crippen molar-refractivity contribution in [2.24, 2.45) is 5.73 Å². The standard InChI is InChI=1S/C8H9F2N3O/c9-6(10)4-14-8-5(7(11)12)2-1-3-13-8/h1-3,6H,4H2,(H3,11,12). The molecule has 0 amide bonds. The Morgan fingerprint density at radius 3 is 2.93 bits per heavy atom. The van der Waals surface area contributed by atoms with Crippen molar-refractivity contribution in [3.8, 4) is 5.88 Å². The Morgan fingerprint density at radius 2 is 2.36 bits per heavy atom. The van der Waals surface area contributed by atoms with Crippen LogP contribution in [0.25, 0.3) is 0 Å². The number of nitrogens with zero attached hydrogens (tertiary/aromatic N) is 1. The fourth-order valence-electron chi connectivity index (χ4n) is 0.853. The molecule has 3 N–H and O–H groups in total. The second-order valence-electron chi connectivity index (χ2n) is 2.47. The van der Waals surface area contributed by atoms with E-state index < -0.39 is 13.0 Å². The molecule has 0 unspecified atom stereocenters. The van der Waals surface area contributed by atoms with Crippen molar-refractivity contribution in [3.63, 3.8) is 0 Å². The molecule has 1 aromatic rings. The third-order valence-corrected chi connectivity index (χ3v) is 1.41. The molecule has 0 saturated carbocycles. The molecule has 1 aromatic heterocycles. The molecule has 0 fully saturated rings. The van der Waals surface area contributed by atoms with E-state index in [1.165, 1.54) is 12.3 Å². The lowest BCUT2D eigenvalue weighted by atomic mass is 10.2. The molecule has 76 valence electrons. The average Bonchev–Trinajstić information content (AvgIpc) is 2.15. The Labute approximate surface area is 79.2 Å². The highest BCUT2D eigenvalue weighted by molar-refractivity contribution is 5.96. The van der Waals surface area contributed by atoms with Gasteiger partial charge in [-0.2, -0.15) is 0 Å². The number of hydrogen-bond acceptors (Lipinski definition) is 3. The van der Waals surface area contributed by atoms with Gasteiger partial charge in [-0.3, -0.25) is 5.41 Å². The zero-order valence-electron chi connectivity index (χ0n) is 7.21. The fourth-order valence-corrected chi connectivity index (χ4v) is 0.853. The van der Waals surface area contributed by atoms with Gasteiger partial charge in [-0.15, -0.1) is 0 Å². The number of amidine groups is 1. The van der Waals surface area contributed by atoms with Gasteiger partial charge in [-0.25, -0.2) is 13.8 Å². The number of nitrogen functional groups attached to an aromatic ring is 1. The van der Waals surface area contributed by atoms with Crippen LogP contribution in [-0.4, -0.2) is 23.9 Å². The van der Waals surface area contributed by atoms with E-state index in [1.54, 1.807) is 6.07 Å². The average molecular weight is 201 g/mol. The van der Waals surface area contributed by atoms with E-state index in [2.05, 4.69) is 9.72 Å². The second kappa shape index (κ2) is 4.50. The number of nitrogens with two attached hydrogens (primary N) is 1. The van der Waals surface area contributed by atoms with E-state index in [4.69, 9.17) is 11.1 Å². The maximum absolute atomic E-state index is 11.8. The Hall–Kier alpha value is -1.72. The summed E-state index contributed by atoms with van der Waals surface area (Å²) in [5.41, 5.74) is 5.41. The lowest BCUT2D eigenvalue weighted by Gasteiger charge is -2.07. The SMILES string of the molecule is N=C(N)c1cccnc1OCC(F)F. The summed E-state index contributed by atoms with van der Waals surface area (Å²) in [7, 11) is 0. The highest BCUT2D eigenvalue weighted by Gasteiger charge is 2.10. The van der Waals surface area contributed by atoms with Crippen LogP contribution in [0.2, 0.25) is 0 Å². The van der Waals surface area contributed by atoms with E-state index in [0.717, 1.165) is 0 Å². The molecule has 14 heavy (non-hydrogen) atoms. The normalized spacial score (nSPS) is 10.2. The first-order valence-electron chi connectivity index (χ1n) is 3.81. The van der Waals surface area contributed by atoms with Crippen LogP contribution in [0.4, 0.5) is 8.78 Å². The van der Waals surface area contributed by atoms with Crippen LogP contribution in [0.3, 0.4) is 0 Å². The van der Waals surface area contributed by atoms with Gasteiger partial charge in [-0.05, 0) is 12.1 Å². The van der Waals surface area contributed by atoms with E-state index in [-0.39, 0.29) is 17.3 Å². The minimum absolute atomic E-state index is 0.0414. The maximum Gasteiger partial charge on any atom is 0.272 e. The number of alkyl halides is 2. The van der Waals surface area contributed by atoms with Gasteiger partial charge >= 0.3 is 0 Å². The third-order valence-electron chi connectivity index (χ3n) is 1.41. The van der Waals surface area contributed by atoms with E-state index >= 15 is 0 Å². The molecule has 0 radical (unpaired) electrons. The molecule has 0 aliphatic heterocycles. The quantitative estimate of drug-likeness (QED) is 0.564. The molecule has 0 saturated heterocycles. The van der Waals surface area contributed by atoms with Crippen molar-refractivity contribution < 1.29 is 13.5 Å². The summed E-state index contributed by atoms with van der Waals surface area (Å²) in [6.45, 7) is -0.753. The summed E-state index contributed by atoms with van der Waals surface area (Å²) in [5.74, 6) is -0.303. The van der Waals surface area contributed by atoms with E-state index in [1.807, 2.05) is 0 Å². The van der Waals surface area contributed by atoms with Gasteiger partial charge in [0, 0.05) is 6.20 Å². The molecular formula is C8H9F2N3O. The molecule has 0 aliphatic carbocycles. The van der Waals surface area contributed by atoms with Gasteiger partial charge in [0.05, 0.1) is 5.56 Å². The van der Waals surface area contributed by atoms with E-state index in [0.29, 0.717) is 0 Å². The first-order valence-corrected chi connectivity index (χ1v) is 3.81. The maximum atomic E-state index is 11.8. The lowest BCUT2D eigenvalue weighted by molar-refractivity contribution is 0.0795. The van der Waals surface area contributed by atoms with Crippen molar-refractivity contribution in [1.29, 1.82) is 5.41 Å². The Kier molecular flexibility index (Phi) is 3.33. The van der Waals surface area contributed by atoms with Crippen LogP contribution in [0.5, 0.6) is 5.88 Å². The monoisotopic (exact) mass is 201 g/mol. The molecule has 1 rings (SSSR count). The first kappa shape index (κ1) is 10.4. The van der Waals surface area contributed by atoms with Crippen LogP contribution < -0.4 is 10.5 Å². The minimum atomic E-state index is -2.57. The van der Waals surface area contributed by atoms with Crippen LogP contribution in [0.15, 0.2) is 18.3 Å². The number of rotatable bonds is 4. The predicted molar refractivity (Wildman–Crippen MR) is 46.8 cm³/mol. The molecule has 0 aromatic carbocycles. The van der Waals surface area contributed by atoms with Crippen molar-refractivity contribution in [2.45, 2.75) is 6.43 Å². The zero-order chi connectivity index (χ0) is 10.6. The predicted octanol–water partition coefficient (Wildman–Crippen LogP) is 1.01. The summed E-state index contributed by atoms with van der Waals surface area (Å²) in [6.07, 6.45) is -1.19. The number of pyridine rings is 1. The topological polar surface area (TPSA) is 72.0 Å². The summed E-state index contributed by atoms with van der Waals surface area (Å²) in [5, 5.41) is 7.13. The van der Waals surface area contributed by atoms with Gasteiger partial charge in [0.15, 0.2) is 6.61 Å². The molecule has 0 atom stereocenters. The molecule has 0 spiro atoms. The number of halogens is 2. The van der Waals surface area contributed by atoms with Gasteiger partial charge in [0.25, 0.3) is 6.43 Å². The largest absolute Gasteiger partial charge is 0.471 e. The fraction of sp³-hybridized carbons (Fsp3) is 0.250. The minimum Gasteiger partial charge on any atom is -0.471 e. The van der Waals surface area contributed by atoms with Crippen LogP contribution in [0.1, 0.15) is 5.56 Å². The Morgan fingerprint density at radius 1 is 1.64 bits per heavy atom. The van der Waals surface area contributed by atoms with Crippen LogP contribution in [-0.2, 0) is 0 Å². The summed E-state index contributed by atoms with van der Waals surface area (Å²) in [4.78, 5) is 3.70. The Bertz CT molecular complexity index is 330. The summed E-state index contributed by atoms with van der Waals surface area (Å²) in [6, 6.07) is 3.03. The third kappa shape index (κ3) is 2.65. The van der Waals surface area contributed by atoms with Gasteiger partial charge < -0.3 is 10.5 Å². The molecule has 0 bridgehead atoms. The van der Waals surface area contributed by atoms with Crippen molar-refractivity contribution >= 4 is 5.84 Å². The van der Waals surface area contributed by atoms with Crippen LogP contribution >= 0.6 is 0 Å². The van der Waals surface area contributed by atoms with Gasteiger partial charge in [0.1, 0.15) is 5.84 Å². The first-order chi connectivity index (χ1) is 6.61. The van der Waals surface area contributed by atoms with Crippen molar-refractivity contribution in [1.82, 2.24) is 4.98 Å². The summed E-state index contributed by atoms with van der Waals surface area (Å²) < 4.78 is 28.3. The van der Waals surface area contributed by atoms with Gasteiger partial charge in [-0.1, -0.05) is 0 Å². The zero-order valence-corrected chi connectivity index (χ0v) is 7.21. The number of ether oxygens (including phenoxy) is 1. The van der Waals surface area contributed by atoms with Gasteiger partial charge in [0.2, 0.25) is 5.88 Å². The molecule has 6 heteroatoms. The molecular weight excluding hydrogens is 192 g/mol. The highest BCUT2D eigenvalue weighted by atomic mass is 19.3. The van der Waals surface area contributed by atoms with Crippen molar-refractivity contribution in [2.75, 3.05) is 6.61 Å². The smallest absolute Gasteiger partial charge is 0.272 e. The van der Waals surface area contributed by atoms with E-state index in [9.17, 15) is 8.78 Å². The Balaban J connectivity index is 2.79. The number of nitrogens with one attached hydrogen (secondary N) is 1.